The third-order valence-corrected chi connectivity index (χ3v) is 9.03. The summed E-state index contributed by atoms with van der Waals surface area (Å²) in [7, 11) is -3.48. The Hall–Kier alpha value is -2.98. The number of nitrogens with one attached hydrogen (secondary N) is 2. The second-order valence-corrected chi connectivity index (χ2v) is 10.9. The number of rotatable bonds is 4. The van der Waals surface area contributed by atoms with Gasteiger partial charge in [0, 0.05) is 55.2 Å². The topological polar surface area (TPSA) is 98.4 Å². The number of amides is 2. The standard InChI is InChI=1S/C23H26FN5O3S/c1-15-20(24)5-2-6-21(15)27-23(30)28-13-17(14-28)33(31,32)29-10-7-16(8-11-29)19-12-26-22-18(19)4-3-9-25-22/h2-6,9,12,16-17H,7-8,10-11,13-14H2,1H3,(H,25,26)(H,27,30). The van der Waals surface area contributed by atoms with Crippen molar-refractivity contribution < 1.29 is 17.6 Å². The van der Waals surface area contributed by atoms with E-state index in [-0.39, 0.29) is 19.0 Å². The number of hydrogen-bond acceptors (Lipinski definition) is 4. The third kappa shape index (κ3) is 3.97. The minimum Gasteiger partial charge on any atom is -0.346 e. The van der Waals surface area contributed by atoms with Crippen LogP contribution < -0.4 is 5.32 Å². The van der Waals surface area contributed by atoms with E-state index in [1.807, 2.05) is 18.3 Å². The highest BCUT2D eigenvalue weighted by molar-refractivity contribution is 7.89. The van der Waals surface area contributed by atoms with Gasteiger partial charge in [0.25, 0.3) is 0 Å². The number of fused-ring (bicyclic) bond motifs is 1. The summed E-state index contributed by atoms with van der Waals surface area (Å²) in [6, 6.07) is 8.01. The number of sulfonamides is 1. The molecule has 2 amide bonds. The molecule has 0 radical (unpaired) electrons. The van der Waals surface area contributed by atoms with Crippen LogP contribution in [0.2, 0.25) is 0 Å². The first-order valence-electron chi connectivity index (χ1n) is 11.1. The largest absolute Gasteiger partial charge is 0.346 e. The number of benzene rings is 1. The van der Waals surface area contributed by atoms with Gasteiger partial charge in [-0.1, -0.05) is 6.07 Å². The molecule has 0 atom stereocenters. The molecule has 2 saturated heterocycles. The Morgan fingerprint density at radius 2 is 1.94 bits per heavy atom. The summed E-state index contributed by atoms with van der Waals surface area (Å²) in [5.41, 5.74) is 2.78. The van der Waals surface area contributed by atoms with E-state index < -0.39 is 27.1 Å². The van der Waals surface area contributed by atoms with Crippen molar-refractivity contribution in [3.63, 3.8) is 0 Å². The summed E-state index contributed by atoms with van der Waals surface area (Å²) in [5.74, 6) is -0.114. The van der Waals surface area contributed by atoms with E-state index in [9.17, 15) is 17.6 Å². The van der Waals surface area contributed by atoms with E-state index in [0.717, 1.165) is 23.9 Å². The fourth-order valence-electron chi connectivity index (χ4n) is 4.68. The average Bonchev–Trinajstić information content (AvgIpc) is 3.20. The van der Waals surface area contributed by atoms with Gasteiger partial charge in [-0.25, -0.2) is 26.9 Å². The number of hydrogen-bond donors (Lipinski definition) is 2. The van der Waals surface area contributed by atoms with Gasteiger partial charge in [-0.3, -0.25) is 0 Å². The molecule has 0 aliphatic carbocycles. The van der Waals surface area contributed by atoms with E-state index in [1.165, 1.54) is 22.6 Å². The summed E-state index contributed by atoms with van der Waals surface area (Å²) in [5, 5.41) is 3.16. The Morgan fingerprint density at radius 3 is 2.70 bits per heavy atom. The van der Waals surface area contributed by atoms with Crippen LogP contribution in [0, 0.1) is 12.7 Å². The van der Waals surface area contributed by atoms with Gasteiger partial charge < -0.3 is 15.2 Å². The first-order chi connectivity index (χ1) is 15.8. The highest BCUT2D eigenvalue weighted by atomic mass is 32.2. The minimum atomic E-state index is -3.48. The van der Waals surface area contributed by atoms with Crippen molar-refractivity contribution >= 4 is 32.8 Å². The van der Waals surface area contributed by atoms with Crippen molar-refractivity contribution in [2.24, 2.45) is 0 Å². The molecular formula is C23H26FN5O3S. The second-order valence-electron chi connectivity index (χ2n) is 8.73. The molecule has 2 fully saturated rings. The molecular weight excluding hydrogens is 445 g/mol. The molecule has 2 N–H and O–H groups in total. The van der Waals surface area contributed by atoms with Crippen LogP contribution in [-0.2, 0) is 10.0 Å². The molecule has 0 unspecified atom stereocenters. The number of halogens is 1. The van der Waals surface area contributed by atoms with Crippen LogP contribution in [0.25, 0.3) is 11.0 Å². The van der Waals surface area contributed by atoms with E-state index in [0.29, 0.717) is 24.3 Å². The van der Waals surface area contributed by atoms with Crippen LogP contribution in [0.5, 0.6) is 0 Å². The number of urea groups is 1. The number of H-pyrrole nitrogens is 1. The lowest BCUT2D eigenvalue weighted by molar-refractivity contribution is 0.179. The van der Waals surface area contributed by atoms with Crippen LogP contribution in [0.15, 0.2) is 42.7 Å². The number of carbonyl (C=O) groups is 1. The van der Waals surface area contributed by atoms with Crippen LogP contribution in [-0.4, -0.2) is 65.1 Å². The zero-order chi connectivity index (χ0) is 23.2. The molecule has 174 valence electrons. The lowest BCUT2D eigenvalue weighted by Gasteiger charge is -2.42. The maximum absolute atomic E-state index is 13.7. The molecule has 0 bridgehead atoms. The Labute approximate surface area is 191 Å². The molecule has 2 aromatic heterocycles. The molecule has 0 saturated carbocycles. The highest BCUT2D eigenvalue weighted by Crippen LogP contribution is 2.34. The molecule has 4 heterocycles. The number of piperidine rings is 1. The number of anilines is 1. The number of aromatic amines is 1. The summed E-state index contributed by atoms with van der Waals surface area (Å²) in [6.45, 7) is 2.79. The van der Waals surface area contributed by atoms with E-state index in [2.05, 4.69) is 15.3 Å². The van der Waals surface area contributed by atoms with Crippen molar-refractivity contribution in [3.05, 3.63) is 59.7 Å². The van der Waals surface area contributed by atoms with Gasteiger partial charge in [0.2, 0.25) is 10.0 Å². The third-order valence-electron chi connectivity index (χ3n) is 6.80. The zero-order valence-corrected chi connectivity index (χ0v) is 19.1. The van der Waals surface area contributed by atoms with Gasteiger partial charge in [0.15, 0.2) is 0 Å². The Balaban J connectivity index is 1.17. The normalized spacial score (nSPS) is 18.4. The molecule has 3 aromatic rings. The van der Waals surface area contributed by atoms with Gasteiger partial charge in [0.05, 0.1) is 0 Å². The van der Waals surface area contributed by atoms with Crippen LogP contribution in [0.4, 0.5) is 14.9 Å². The molecule has 2 aliphatic rings. The van der Waals surface area contributed by atoms with Crippen LogP contribution in [0.1, 0.15) is 29.9 Å². The number of nitrogens with zero attached hydrogens (tertiary/aromatic N) is 3. The number of aromatic nitrogens is 2. The maximum atomic E-state index is 13.7. The van der Waals surface area contributed by atoms with Crippen molar-refractivity contribution in [2.75, 3.05) is 31.5 Å². The Bertz CT molecular complexity index is 1290. The molecule has 0 spiro atoms. The molecule has 10 heteroatoms. The smallest absolute Gasteiger partial charge is 0.321 e. The van der Waals surface area contributed by atoms with Crippen molar-refractivity contribution in [1.82, 2.24) is 19.2 Å². The van der Waals surface area contributed by atoms with Gasteiger partial charge in [0.1, 0.15) is 16.7 Å². The highest BCUT2D eigenvalue weighted by Gasteiger charge is 2.44. The average molecular weight is 472 g/mol. The number of pyridine rings is 1. The van der Waals surface area contributed by atoms with Gasteiger partial charge in [-0.15, -0.1) is 0 Å². The van der Waals surface area contributed by atoms with E-state index >= 15 is 0 Å². The summed E-state index contributed by atoms with van der Waals surface area (Å²) >= 11 is 0. The Kier molecular flexibility index (Phi) is 5.57. The second kappa shape index (κ2) is 8.42. The molecule has 1 aromatic carbocycles. The first kappa shape index (κ1) is 21.8. The monoisotopic (exact) mass is 471 g/mol. The minimum absolute atomic E-state index is 0.135. The van der Waals surface area contributed by atoms with Crippen molar-refractivity contribution in [1.29, 1.82) is 0 Å². The summed E-state index contributed by atoms with van der Waals surface area (Å²) in [4.78, 5) is 21.4. The fourth-order valence-corrected chi connectivity index (χ4v) is 6.55. The van der Waals surface area contributed by atoms with Crippen LogP contribution >= 0.6 is 0 Å². The molecule has 5 rings (SSSR count). The predicted molar refractivity (Wildman–Crippen MR) is 124 cm³/mol. The summed E-state index contributed by atoms with van der Waals surface area (Å²) in [6.07, 6.45) is 5.22. The van der Waals surface area contributed by atoms with E-state index in [4.69, 9.17) is 0 Å². The predicted octanol–water partition coefficient (Wildman–Crippen LogP) is 3.44. The van der Waals surface area contributed by atoms with Gasteiger partial charge in [-0.05, 0) is 55.5 Å². The van der Waals surface area contributed by atoms with Crippen molar-refractivity contribution in [2.45, 2.75) is 30.9 Å². The molecule has 2 aliphatic heterocycles. The van der Waals surface area contributed by atoms with Gasteiger partial charge >= 0.3 is 6.03 Å². The maximum Gasteiger partial charge on any atom is 0.321 e. The fraction of sp³-hybridized carbons (Fsp3) is 0.391. The number of likely N-dealkylation sites (tertiary alicyclic amines) is 1. The van der Waals surface area contributed by atoms with E-state index in [1.54, 1.807) is 23.5 Å². The van der Waals surface area contributed by atoms with Crippen molar-refractivity contribution in [3.8, 4) is 0 Å². The number of carbonyl (C=O) groups excluding carboxylic acids is 1. The molecule has 33 heavy (non-hydrogen) atoms. The van der Waals surface area contributed by atoms with Crippen LogP contribution in [0.3, 0.4) is 0 Å². The Morgan fingerprint density at radius 1 is 1.18 bits per heavy atom. The lowest BCUT2D eigenvalue weighted by Crippen LogP contribution is -2.61. The SMILES string of the molecule is Cc1c(F)cccc1NC(=O)N1CC(S(=O)(=O)N2CCC(c3c[nH]c4ncccc34)CC2)C1. The summed E-state index contributed by atoms with van der Waals surface area (Å²) < 4.78 is 41.5. The first-order valence-corrected chi connectivity index (χ1v) is 12.6. The zero-order valence-electron chi connectivity index (χ0n) is 18.3. The molecule has 8 nitrogen and oxygen atoms in total. The lowest BCUT2D eigenvalue weighted by atomic mass is 9.90. The quantitative estimate of drug-likeness (QED) is 0.609. The van der Waals surface area contributed by atoms with Gasteiger partial charge in [-0.2, -0.15) is 0 Å².